The maximum absolute atomic E-state index is 5.57. The first-order valence-electron chi connectivity index (χ1n) is 5.87. The molecule has 0 spiro atoms. The molecule has 0 bridgehead atoms. The van der Waals surface area contributed by atoms with E-state index < -0.39 is 0 Å². The monoisotopic (exact) mass is 235 g/mol. The molecule has 0 saturated heterocycles. The second-order valence-corrected chi connectivity index (χ2v) is 3.98. The normalized spacial score (nSPS) is 10.7. The summed E-state index contributed by atoms with van der Waals surface area (Å²) < 4.78 is 10.8. The van der Waals surface area contributed by atoms with Gasteiger partial charge in [-0.1, -0.05) is 18.5 Å². The summed E-state index contributed by atoms with van der Waals surface area (Å²) in [5.74, 6) is 1.49. The number of nitrogens with one attached hydrogen (secondary N) is 1. The van der Waals surface area contributed by atoms with Crippen molar-refractivity contribution in [3.05, 3.63) is 29.3 Å². The molecule has 0 radical (unpaired) electrons. The topological polar surface area (TPSA) is 63.9 Å². The van der Waals surface area contributed by atoms with E-state index in [4.69, 9.17) is 9.26 Å². The third-order valence-electron chi connectivity index (χ3n) is 2.68. The number of H-pyrrole nitrogens is 1. The summed E-state index contributed by atoms with van der Waals surface area (Å²) in [6.45, 7) is 4.54. The lowest BCUT2D eigenvalue weighted by atomic mass is 10.1. The summed E-state index contributed by atoms with van der Waals surface area (Å²) in [5.41, 5.74) is 2.05. The Morgan fingerprint density at radius 3 is 3.06 bits per heavy atom. The Bertz CT molecular complexity index is 448. The zero-order chi connectivity index (χ0) is 12.1. The predicted molar refractivity (Wildman–Crippen MR) is 62.8 cm³/mol. The van der Waals surface area contributed by atoms with Crippen LogP contribution in [0.2, 0.25) is 0 Å². The molecule has 17 heavy (non-hydrogen) atoms. The highest BCUT2D eigenvalue weighted by atomic mass is 16.5. The van der Waals surface area contributed by atoms with E-state index in [9.17, 15) is 0 Å². The summed E-state index contributed by atoms with van der Waals surface area (Å²) in [4.78, 5) is 0. The molecule has 5 heteroatoms. The highest BCUT2D eigenvalue weighted by Crippen LogP contribution is 2.17. The van der Waals surface area contributed by atoms with Crippen LogP contribution >= 0.6 is 0 Å². The van der Waals surface area contributed by atoms with Crippen LogP contribution in [0.25, 0.3) is 0 Å². The van der Waals surface area contributed by atoms with Gasteiger partial charge in [0.1, 0.15) is 12.4 Å². The highest BCUT2D eigenvalue weighted by Gasteiger charge is 2.13. The molecule has 1 N–H and O–H groups in total. The lowest BCUT2D eigenvalue weighted by Crippen LogP contribution is -2.00. The number of nitrogens with zero attached hydrogens (tertiary/aromatic N) is 2. The van der Waals surface area contributed by atoms with Crippen LogP contribution < -0.4 is 4.74 Å². The molecule has 2 rings (SSSR count). The van der Waals surface area contributed by atoms with Gasteiger partial charge in [0.25, 0.3) is 0 Å². The number of rotatable bonds is 6. The number of hydrogen-bond donors (Lipinski definition) is 1. The van der Waals surface area contributed by atoms with Gasteiger partial charge in [0.2, 0.25) is 5.88 Å². The van der Waals surface area contributed by atoms with Crippen molar-refractivity contribution in [1.29, 1.82) is 0 Å². The number of aryl methyl sites for hydroxylation is 2. The molecule has 0 atom stereocenters. The third kappa shape index (κ3) is 2.87. The van der Waals surface area contributed by atoms with Gasteiger partial charge in [0.15, 0.2) is 0 Å². The van der Waals surface area contributed by atoms with Gasteiger partial charge < -0.3 is 9.26 Å². The van der Waals surface area contributed by atoms with Gasteiger partial charge in [-0.15, -0.1) is 0 Å². The molecule has 0 fully saturated rings. The third-order valence-corrected chi connectivity index (χ3v) is 2.68. The summed E-state index contributed by atoms with van der Waals surface area (Å²) in [7, 11) is 0. The molecule has 0 unspecified atom stereocenters. The second kappa shape index (κ2) is 5.52. The minimum absolute atomic E-state index is 0.469. The first-order valence-corrected chi connectivity index (χ1v) is 5.87. The van der Waals surface area contributed by atoms with Crippen LogP contribution in [0.3, 0.4) is 0 Å². The molecule has 2 aromatic heterocycles. The van der Waals surface area contributed by atoms with E-state index in [0.717, 1.165) is 36.3 Å². The minimum Gasteiger partial charge on any atom is -0.473 e. The molecular weight excluding hydrogens is 218 g/mol. The van der Waals surface area contributed by atoms with Crippen molar-refractivity contribution in [3.8, 4) is 5.88 Å². The molecule has 0 aliphatic heterocycles. The van der Waals surface area contributed by atoms with Crippen LogP contribution in [0.5, 0.6) is 5.88 Å². The minimum atomic E-state index is 0.469. The molecule has 92 valence electrons. The molecule has 0 saturated carbocycles. The van der Waals surface area contributed by atoms with Gasteiger partial charge in [-0.25, -0.2) is 5.10 Å². The van der Waals surface area contributed by atoms with Gasteiger partial charge >= 0.3 is 0 Å². The second-order valence-electron chi connectivity index (χ2n) is 3.98. The van der Waals surface area contributed by atoms with Crippen LogP contribution in [0.15, 0.2) is 16.8 Å². The van der Waals surface area contributed by atoms with Crippen LogP contribution in [-0.2, 0) is 13.0 Å². The van der Waals surface area contributed by atoms with Crippen molar-refractivity contribution < 1.29 is 9.26 Å². The fourth-order valence-electron chi connectivity index (χ4n) is 1.64. The molecule has 0 aromatic carbocycles. The van der Waals surface area contributed by atoms with Crippen LogP contribution in [0, 0.1) is 6.92 Å². The van der Waals surface area contributed by atoms with E-state index in [0.29, 0.717) is 12.5 Å². The van der Waals surface area contributed by atoms with Crippen molar-refractivity contribution in [1.82, 2.24) is 15.4 Å². The van der Waals surface area contributed by atoms with Gasteiger partial charge in [-0.05, 0) is 19.8 Å². The first-order chi connectivity index (χ1) is 8.31. The van der Waals surface area contributed by atoms with Crippen molar-refractivity contribution in [2.45, 2.75) is 39.7 Å². The Morgan fingerprint density at radius 1 is 1.47 bits per heavy atom. The molecule has 2 heterocycles. The highest BCUT2D eigenvalue weighted by molar-refractivity contribution is 5.22. The van der Waals surface area contributed by atoms with Crippen molar-refractivity contribution in [2.75, 3.05) is 0 Å². The van der Waals surface area contributed by atoms with Crippen molar-refractivity contribution in [2.24, 2.45) is 0 Å². The summed E-state index contributed by atoms with van der Waals surface area (Å²) >= 11 is 0. The predicted octanol–water partition coefficient (Wildman–Crippen LogP) is 2.63. The Labute approximate surface area is 100 Å². The van der Waals surface area contributed by atoms with E-state index in [1.807, 2.05) is 6.92 Å². The van der Waals surface area contributed by atoms with E-state index in [1.54, 1.807) is 12.3 Å². The average molecular weight is 235 g/mol. The van der Waals surface area contributed by atoms with E-state index in [-0.39, 0.29) is 0 Å². The Hall–Kier alpha value is -1.78. The van der Waals surface area contributed by atoms with Crippen molar-refractivity contribution in [3.63, 3.8) is 0 Å². The summed E-state index contributed by atoms with van der Waals surface area (Å²) in [5, 5.41) is 10.7. The number of aromatic amines is 1. The van der Waals surface area contributed by atoms with Crippen LogP contribution in [0.4, 0.5) is 0 Å². The van der Waals surface area contributed by atoms with E-state index in [2.05, 4.69) is 22.3 Å². The molecule has 0 amide bonds. The average Bonchev–Trinajstić information content (AvgIpc) is 2.94. The van der Waals surface area contributed by atoms with E-state index in [1.165, 1.54) is 0 Å². The Morgan fingerprint density at radius 2 is 2.35 bits per heavy atom. The standard InChI is InChI=1S/C12H17N3O2/c1-3-4-5-11-10(9(2)17-15-11)8-16-12-6-7-13-14-12/h6-7H,3-5,8H2,1-2H3,(H,13,14). The fraction of sp³-hybridized carbons (Fsp3) is 0.500. The van der Waals surface area contributed by atoms with Crippen molar-refractivity contribution >= 4 is 0 Å². The number of hydrogen-bond acceptors (Lipinski definition) is 4. The van der Waals surface area contributed by atoms with E-state index >= 15 is 0 Å². The van der Waals surface area contributed by atoms with Crippen LogP contribution in [0.1, 0.15) is 36.8 Å². The zero-order valence-electron chi connectivity index (χ0n) is 10.2. The van der Waals surface area contributed by atoms with Crippen LogP contribution in [-0.4, -0.2) is 15.4 Å². The van der Waals surface area contributed by atoms with Gasteiger partial charge in [0.05, 0.1) is 17.5 Å². The van der Waals surface area contributed by atoms with Gasteiger partial charge in [-0.3, -0.25) is 0 Å². The Balaban J connectivity index is 2.01. The molecule has 0 aliphatic rings. The molecule has 0 aliphatic carbocycles. The molecule has 5 nitrogen and oxygen atoms in total. The van der Waals surface area contributed by atoms with Gasteiger partial charge in [-0.2, -0.15) is 5.10 Å². The smallest absolute Gasteiger partial charge is 0.209 e. The first kappa shape index (κ1) is 11.7. The zero-order valence-corrected chi connectivity index (χ0v) is 10.2. The molecular formula is C12H17N3O2. The SMILES string of the molecule is CCCCc1noc(C)c1COc1ccn[nH]1. The summed E-state index contributed by atoms with van der Waals surface area (Å²) in [6, 6.07) is 1.79. The Kier molecular flexibility index (Phi) is 3.80. The molecule has 2 aromatic rings. The largest absolute Gasteiger partial charge is 0.473 e. The number of ether oxygens (including phenoxy) is 1. The maximum Gasteiger partial charge on any atom is 0.209 e. The summed E-state index contributed by atoms with van der Waals surface area (Å²) in [6.07, 6.45) is 4.86. The lowest BCUT2D eigenvalue weighted by molar-refractivity contribution is 0.289. The number of unbranched alkanes of at least 4 members (excludes halogenated alkanes) is 1. The quantitative estimate of drug-likeness (QED) is 0.836. The van der Waals surface area contributed by atoms with Gasteiger partial charge in [0, 0.05) is 6.07 Å². The fourth-order valence-corrected chi connectivity index (χ4v) is 1.64. The number of aromatic nitrogens is 3. The maximum atomic E-state index is 5.57. The lowest BCUT2D eigenvalue weighted by Gasteiger charge is -2.03.